The molecular weight excluding hydrogens is 562 g/mol. The molecule has 4 aliphatic rings. The Hall–Kier alpha value is -3.08. The molecule has 0 radical (unpaired) electrons. The largest absolute Gasteiger partial charge is 0.447 e. The molecule has 7 rings (SSSR count). The number of amides is 2. The predicted molar refractivity (Wildman–Crippen MR) is 173 cm³/mol. The van der Waals surface area contributed by atoms with Gasteiger partial charge in [-0.05, 0) is 88.1 Å². The molecule has 2 aromatic heterocycles. The summed E-state index contributed by atoms with van der Waals surface area (Å²) in [5, 5.41) is 13.0. The predicted octanol–water partition coefficient (Wildman–Crippen LogP) is 5.52. The fourth-order valence-electron chi connectivity index (χ4n) is 5.10. The normalized spacial score (nSPS) is 18.2. The topological polar surface area (TPSA) is 108 Å². The molecule has 43 heavy (non-hydrogen) atoms. The summed E-state index contributed by atoms with van der Waals surface area (Å²) >= 11 is 1.70. The van der Waals surface area contributed by atoms with E-state index >= 15 is 0 Å². The number of piperidine rings is 1. The first-order valence-electron chi connectivity index (χ1n) is 15.8. The van der Waals surface area contributed by atoms with Crippen LogP contribution in [0.15, 0.2) is 36.4 Å². The molecule has 0 atom stereocenters. The summed E-state index contributed by atoms with van der Waals surface area (Å²) < 4.78 is 4.81. The number of aryl methyl sites for hydroxylation is 3. The van der Waals surface area contributed by atoms with Crippen molar-refractivity contribution in [2.24, 2.45) is 5.92 Å². The standard InChI is InChI=1S/C11H12N2S.C9H18N2O2.C9H9NO2.C4H8/c1-7-12-10-6-8-4-2-3-5-9(8)13-11(10)14-7;12-8-10-4-1-5-11-6-2-9(13)3-7-11;11-9-10(6-7-12-9)8-4-2-1-3-5-8;1-4-2-3-4/h6H,2-5H2,1H3;8-9,13H,1-7H2,(H,10,12);1-5H,6-7H2;4H,2-3H2,1H3. The number of benzene rings is 1. The van der Waals surface area contributed by atoms with Gasteiger partial charge in [0.05, 0.1) is 17.7 Å². The van der Waals surface area contributed by atoms with Crippen LogP contribution in [-0.4, -0.2) is 77.9 Å². The minimum atomic E-state index is -0.249. The van der Waals surface area contributed by atoms with E-state index in [0.717, 1.165) is 85.2 Å². The molecule has 10 heteroatoms. The van der Waals surface area contributed by atoms with E-state index in [0.29, 0.717) is 13.2 Å². The maximum Gasteiger partial charge on any atom is 0.414 e. The molecule has 3 fully saturated rings. The SMILES string of the molecule is CC1CC1.Cc1nc2cc3c(nc2s1)CCCC3.O=C1OCCN1c1ccccc1.O=CNCCCN1CCC(O)CC1. The van der Waals surface area contributed by atoms with Gasteiger partial charge in [-0.15, -0.1) is 0 Å². The van der Waals surface area contributed by atoms with Gasteiger partial charge in [0.2, 0.25) is 6.41 Å². The molecule has 4 heterocycles. The van der Waals surface area contributed by atoms with Crippen molar-refractivity contribution < 1.29 is 19.4 Å². The Balaban J connectivity index is 0.000000139. The van der Waals surface area contributed by atoms with Crippen LogP contribution in [0.1, 0.15) is 68.1 Å². The van der Waals surface area contributed by atoms with E-state index in [-0.39, 0.29) is 12.2 Å². The summed E-state index contributed by atoms with van der Waals surface area (Å²) in [6, 6.07) is 11.8. The molecule has 3 aromatic rings. The number of ether oxygens (including phenoxy) is 1. The number of nitrogens with one attached hydrogen (secondary N) is 1. The number of pyridine rings is 1. The molecule has 2 aliphatic heterocycles. The Kier molecular flexibility index (Phi) is 13.2. The molecule has 0 unspecified atom stereocenters. The lowest BCUT2D eigenvalue weighted by Gasteiger charge is -2.29. The van der Waals surface area contributed by atoms with Crippen LogP contribution >= 0.6 is 11.3 Å². The van der Waals surface area contributed by atoms with Crippen LogP contribution in [-0.2, 0) is 22.4 Å². The van der Waals surface area contributed by atoms with Gasteiger partial charge in [-0.1, -0.05) is 49.3 Å². The zero-order chi connectivity index (χ0) is 30.4. The van der Waals surface area contributed by atoms with Gasteiger partial charge in [0, 0.05) is 31.0 Å². The molecular formula is C33H47N5O4S. The molecule has 0 bridgehead atoms. The quantitative estimate of drug-likeness (QED) is 0.280. The lowest BCUT2D eigenvalue weighted by Crippen LogP contribution is -2.37. The summed E-state index contributed by atoms with van der Waals surface area (Å²) in [4.78, 5) is 35.3. The molecule has 234 valence electrons. The van der Waals surface area contributed by atoms with Crippen LogP contribution in [0.3, 0.4) is 0 Å². The minimum Gasteiger partial charge on any atom is -0.447 e. The van der Waals surface area contributed by atoms with E-state index in [1.54, 1.807) is 16.2 Å². The summed E-state index contributed by atoms with van der Waals surface area (Å²) in [7, 11) is 0. The van der Waals surface area contributed by atoms with Gasteiger partial charge in [0.25, 0.3) is 0 Å². The number of rotatable bonds is 6. The Bertz CT molecular complexity index is 1230. The van der Waals surface area contributed by atoms with Crippen LogP contribution < -0.4 is 10.2 Å². The second-order valence-electron chi connectivity index (χ2n) is 11.6. The number of nitrogens with zero attached hydrogens (tertiary/aromatic N) is 4. The summed E-state index contributed by atoms with van der Waals surface area (Å²) in [6.07, 6.45) is 11.1. The van der Waals surface area contributed by atoms with Crippen molar-refractivity contribution in [3.05, 3.63) is 52.7 Å². The third-order valence-corrected chi connectivity index (χ3v) is 8.78. The Morgan fingerprint density at radius 2 is 1.79 bits per heavy atom. The molecule has 9 nitrogen and oxygen atoms in total. The number of aromatic nitrogens is 2. The van der Waals surface area contributed by atoms with E-state index in [2.05, 4.69) is 28.2 Å². The third kappa shape index (κ3) is 11.2. The summed E-state index contributed by atoms with van der Waals surface area (Å²) in [5.41, 5.74) is 4.73. The van der Waals surface area contributed by atoms with Gasteiger partial charge in [-0.25, -0.2) is 14.8 Å². The number of hydrogen-bond donors (Lipinski definition) is 2. The van der Waals surface area contributed by atoms with Gasteiger partial charge in [0.1, 0.15) is 17.0 Å². The highest BCUT2D eigenvalue weighted by atomic mass is 32.1. The van der Waals surface area contributed by atoms with Gasteiger partial charge >= 0.3 is 6.09 Å². The van der Waals surface area contributed by atoms with E-state index in [9.17, 15) is 14.7 Å². The zero-order valence-electron chi connectivity index (χ0n) is 25.7. The monoisotopic (exact) mass is 609 g/mol. The number of carbonyl (C=O) groups is 2. The number of thiazole rings is 1. The second-order valence-corrected chi connectivity index (χ2v) is 12.8. The minimum absolute atomic E-state index is 0.0932. The summed E-state index contributed by atoms with van der Waals surface area (Å²) in [5.74, 6) is 1.08. The van der Waals surface area contributed by atoms with Crippen LogP contribution in [0.5, 0.6) is 0 Å². The van der Waals surface area contributed by atoms with Crippen molar-refractivity contribution in [1.82, 2.24) is 20.2 Å². The van der Waals surface area contributed by atoms with E-state index in [4.69, 9.17) is 9.72 Å². The van der Waals surface area contributed by atoms with Crippen molar-refractivity contribution in [3.63, 3.8) is 0 Å². The first-order valence-corrected chi connectivity index (χ1v) is 16.6. The van der Waals surface area contributed by atoms with Crippen LogP contribution in [0.2, 0.25) is 0 Å². The van der Waals surface area contributed by atoms with Gasteiger partial charge in [0.15, 0.2) is 0 Å². The average molecular weight is 610 g/mol. The van der Waals surface area contributed by atoms with Crippen LogP contribution in [0.4, 0.5) is 10.5 Å². The highest BCUT2D eigenvalue weighted by molar-refractivity contribution is 7.18. The highest BCUT2D eigenvalue weighted by Crippen LogP contribution is 2.27. The maximum absolute atomic E-state index is 11.1. The molecule has 2 aliphatic carbocycles. The number of anilines is 1. The fourth-order valence-corrected chi connectivity index (χ4v) is 5.89. The number of aliphatic hydroxyl groups excluding tert-OH is 1. The number of para-hydroxylation sites is 1. The number of aliphatic hydroxyl groups is 1. The van der Waals surface area contributed by atoms with E-state index in [1.165, 1.54) is 43.4 Å². The Labute approximate surface area is 259 Å². The number of likely N-dealkylation sites (tertiary alicyclic amines) is 1. The van der Waals surface area contributed by atoms with Crippen molar-refractivity contribution >= 4 is 39.9 Å². The lowest BCUT2D eigenvalue weighted by molar-refractivity contribution is -0.109. The summed E-state index contributed by atoms with van der Waals surface area (Å²) in [6.45, 7) is 9.22. The van der Waals surface area contributed by atoms with Crippen molar-refractivity contribution in [2.75, 3.05) is 44.2 Å². The number of carbonyl (C=O) groups excluding carboxylic acids is 2. The highest BCUT2D eigenvalue weighted by Gasteiger charge is 2.22. The molecule has 2 saturated heterocycles. The van der Waals surface area contributed by atoms with E-state index in [1.807, 2.05) is 37.3 Å². The molecule has 2 amide bonds. The first kappa shape index (κ1) is 32.8. The van der Waals surface area contributed by atoms with Crippen LogP contribution in [0, 0.1) is 12.8 Å². The first-order chi connectivity index (χ1) is 20.9. The van der Waals surface area contributed by atoms with E-state index < -0.39 is 0 Å². The average Bonchev–Trinajstić information content (AvgIpc) is 3.54. The lowest BCUT2D eigenvalue weighted by atomic mass is 9.96. The third-order valence-electron chi connectivity index (χ3n) is 7.90. The van der Waals surface area contributed by atoms with Crippen molar-refractivity contribution in [3.8, 4) is 0 Å². The second kappa shape index (κ2) is 17.3. The Morgan fingerprint density at radius 1 is 1.07 bits per heavy atom. The van der Waals surface area contributed by atoms with Gasteiger partial charge in [-0.2, -0.15) is 0 Å². The maximum atomic E-state index is 11.1. The number of cyclic esters (lactones) is 1. The fraction of sp³-hybridized carbons (Fsp3) is 0.576. The number of hydrogen-bond acceptors (Lipinski definition) is 8. The van der Waals surface area contributed by atoms with Crippen LogP contribution in [0.25, 0.3) is 10.3 Å². The molecule has 2 N–H and O–H groups in total. The molecule has 1 aromatic carbocycles. The number of fused-ring (bicyclic) bond motifs is 2. The smallest absolute Gasteiger partial charge is 0.414 e. The van der Waals surface area contributed by atoms with Gasteiger partial charge < -0.3 is 20.1 Å². The zero-order valence-corrected chi connectivity index (χ0v) is 26.5. The Morgan fingerprint density at radius 3 is 2.44 bits per heavy atom. The van der Waals surface area contributed by atoms with Crippen molar-refractivity contribution in [1.29, 1.82) is 0 Å². The molecule has 1 saturated carbocycles. The molecule has 0 spiro atoms. The van der Waals surface area contributed by atoms with Gasteiger partial charge in [-0.3, -0.25) is 9.69 Å². The van der Waals surface area contributed by atoms with Crippen molar-refractivity contribution in [2.45, 2.75) is 77.7 Å².